The van der Waals surface area contributed by atoms with Crippen LogP contribution in [0.3, 0.4) is 0 Å². The molecule has 0 amide bonds. The molecule has 0 atom stereocenters. The van der Waals surface area contributed by atoms with Crippen molar-refractivity contribution in [1.82, 2.24) is 9.55 Å². The van der Waals surface area contributed by atoms with Gasteiger partial charge in [-0.2, -0.15) is 0 Å². The van der Waals surface area contributed by atoms with Crippen LogP contribution in [0.2, 0.25) is 0 Å². The van der Waals surface area contributed by atoms with Gasteiger partial charge in [-0.3, -0.25) is 4.98 Å². The van der Waals surface area contributed by atoms with Crippen LogP contribution >= 0.6 is 0 Å². The Morgan fingerprint density at radius 1 is 0.870 bits per heavy atom. The molecule has 0 bridgehead atoms. The number of rotatable bonds is 8. The Kier molecular flexibility index (Phi) is 5.32. The van der Waals surface area contributed by atoms with Crippen LogP contribution in [0.25, 0.3) is 21.8 Å². The Balaban J connectivity index is 1.76. The lowest BCUT2D eigenvalue weighted by atomic mass is 10.1. The van der Waals surface area contributed by atoms with Crippen LogP contribution in [0, 0.1) is 6.92 Å². The molecule has 3 aromatic rings. The molecule has 2 aromatic heterocycles. The molecule has 0 saturated carbocycles. The van der Waals surface area contributed by atoms with Crippen molar-refractivity contribution in [1.29, 1.82) is 0 Å². The lowest BCUT2D eigenvalue weighted by molar-refractivity contribution is 0.560. The predicted molar refractivity (Wildman–Crippen MR) is 100.0 cm³/mol. The summed E-state index contributed by atoms with van der Waals surface area (Å²) in [7, 11) is 0. The lowest BCUT2D eigenvalue weighted by Gasteiger charge is -2.08. The highest BCUT2D eigenvalue weighted by Crippen LogP contribution is 2.30. The lowest BCUT2D eigenvalue weighted by Crippen LogP contribution is -1.99. The summed E-state index contributed by atoms with van der Waals surface area (Å²) < 4.78 is 2.49. The summed E-state index contributed by atoms with van der Waals surface area (Å²) in [5, 5.41) is 2.70. The normalized spacial score (nSPS) is 11.6. The summed E-state index contributed by atoms with van der Waals surface area (Å²) in [6, 6.07) is 10.9. The van der Waals surface area contributed by atoms with Crippen LogP contribution in [0.5, 0.6) is 0 Å². The van der Waals surface area contributed by atoms with Gasteiger partial charge in [-0.15, -0.1) is 0 Å². The first-order valence-electron chi connectivity index (χ1n) is 9.15. The standard InChI is InChI=1S/C21H28N2/c1-3-4-5-6-7-8-11-16-23-20-13-10-9-12-18(20)19-14-15-22-17(2)21(19)23/h9-10,12-15H,3-8,11,16H2,1-2H3. The third-order valence-corrected chi connectivity index (χ3v) is 4.85. The highest BCUT2D eigenvalue weighted by atomic mass is 15.0. The van der Waals surface area contributed by atoms with E-state index in [0.29, 0.717) is 0 Å². The molecule has 0 fully saturated rings. The van der Waals surface area contributed by atoms with Gasteiger partial charge in [0.15, 0.2) is 0 Å². The average molecular weight is 308 g/mol. The zero-order valence-electron chi connectivity index (χ0n) is 14.5. The third-order valence-electron chi connectivity index (χ3n) is 4.85. The van der Waals surface area contributed by atoms with Crippen molar-refractivity contribution < 1.29 is 0 Å². The summed E-state index contributed by atoms with van der Waals surface area (Å²) >= 11 is 0. The van der Waals surface area contributed by atoms with E-state index in [1.165, 1.54) is 66.8 Å². The Morgan fingerprint density at radius 2 is 1.61 bits per heavy atom. The van der Waals surface area contributed by atoms with Crippen molar-refractivity contribution in [2.45, 2.75) is 65.3 Å². The van der Waals surface area contributed by atoms with Crippen molar-refractivity contribution in [2.24, 2.45) is 0 Å². The fourth-order valence-corrected chi connectivity index (χ4v) is 3.63. The largest absolute Gasteiger partial charge is 0.339 e. The molecule has 122 valence electrons. The van der Waals surface area contributed by atoms with Crippen LogP contribution in [0.15, 0.2) is 36.5 Å². The van der Waals surface area contributed by atoms with Crippen molar-refractivity contribution in [2.75, 3.05) is 0 Å². The van der Waals surface area contributed by atoms with Crippen molar-refractivity contribution in [3.05, 3.63) is 42.2 Å². The van der Waals surface area contributed by atoms with Gasteiger partial charge in [0.25, 0.3) is 0 Å². The maximum atomic E-state index is 4.52. The second-order valence-corrected chi connectivity index (χ2v) is 6.58. The molecule has 0 aliphatic heterocycles. The summed E-state index contributed by atoms with van der Waals surface area (Å²) in [5.74, 6) is 0. The monoisotopic (exact) mass is 308 g/mol. The molecule has 23 heavy (non-hydrogen) atoms. The predicted octanol–water partition coefficient (Wildman–Crippen LogP) is 6.25. The molecule has 2 heterocycles. The summed E-state index contributed by atoms with van der Waals surface area (Å²) in [6.07, 6.45) is 11.4. The molecule has 0 unspecified atom stereocenters. The Labute approximate surface area is 139 Å². The van der Waals surface area contributed by atoms with Crippen LogP contribution in [-0.4, -0.2) is 9.55 Å². The second-order valence-electron chi connectivity index (χ2n) is 6.58. The molecule has 0 aliphatic carbocycles. The van der Waals surface area contributed by atoms with Gasteiger partial charge in [-0.25, -0.2) is 0 Å². The number of nitrogens with zero attached hydrogens (tertiary/aromatic N) is 2. The Hall–Kier alpha value is -1.83. The van der Waals surface area contributed by atoms with Gasteiger partial charge in [-0.05, 0) is 25.5 Å². The Bertz CT molecular complexity index is 770. The number of benzene rings is 1. The van der Waals surface area contributed by atoms with E-state index in [1.807, 2.05) is 6.20 Å². The van der Waals surface area contributed by atoms with E-state index < -0.39 is 0 Å². The number of hydrogen-bond acceptors (Lipinski definition) is 1. The van der Waals surface area contributed by atoms with Crippen LogP contribution in [0.4, 0.5) is 0 Å². The number of fused-ring (bicyclic) bond motifs is 3. The molecule has 0 saturated heterocycles. The van der Waals surface area contributed by atoms with E-state index in [2.05, 4.69) is 53.7 Å². The quantitative estimate of drug-likeness (QED) is 0.450. The molecule has 0 aliphatic rings. The minimum absolute atomic E-state index is 1.10. The second kappa shape index (κ2) is 7.63. The van der Waals surface area contributed by atoms with Gasteiger partial charge in [0.05, 0.1) is 11.2 Å². The van der Waals surface area contributed by atoms with Gasteiger partial charge in [0.2, 0.25) is 0 Å². The molecule has 1 aromatic carbocycles. The smallest absolute Gasteiger partial charge is 0.0707 e. The molecule has 0 N–H and O–H groups in total. The third kappa shape index (κ3) is 3.41. The van der Waals surface area contributed by atoms with Crippen LogP contribution < -0.4 is 0 Å². The van der Waals surface area contributed by atoms with Crippen LogP contribution in [-0.2, 0) is 6.54 Å². The molecule has 3 rings (SSSR count). The van der Waals surface area contributed by atoms with E-state index in [-0.39, 0.29) is 0 Å². The number of pyridine rings is 1. The van der Waals surface area contributed by atoms with Gasteiger partial charge < -0.3 is 4.57 Å². The van der Waals surface area contributed by atoms with Crippen molar-refractivity contribution >= 4 is 21.8 Å². The fourth-order valence-electron chi connectivity index (χ4n) is 3.63. The van der Waals surface area contributed by atoms with Gasteiger partial charge in [-0.1, -0.05) is 63.6 Å². The van der Waals surface area contributed by atoms with E-state index in [4.69, 9.17) is 0 Å². The molecule has 2 nitrogen and oxygen atoms in total. The van der Waals surface area contributed by atoms with Gasteiger partial charge >= 0.3 is 0 Å². The minimum Gasteiger partial charge on any atom is -0.339 e. The number of aromatic nitrogens is 2. The molecule has 0 spiro atoms. The van der Waals surface area contributed by atoms with E-state index in [0.717, 1.165) is 12.2 Å². The number of hydrogen-bond donors (Lipinski definition) is 0. The van der Waals surface area contributed by atoms with Crippen molar-refractivity contribution in [3.63, 3.8) is 0 Å². The van der Waals surface area contributed by atoms with Gasteiger partial charge in [0.1, 0.15) is 0 Å². The minimum atomic E-state index is 1.10. The van der Waals surface area contributed by atoms with E-state index in [9.17, 15) is 0 Å². The maximum absolute atomic E-state index is 4.52. The fraction of sp³-hybridized carbons (Fsp3) is 0.476. The zero-order chi connectivity index (χ0) is 16.1. The first kappa shape index (κ1) is 16.0. The van der Waals surface area contributed by atoms with Crippen LogP contribution in [0.1, 0.15) is 57.6 Å². The maximum Gasteiger partial charge on any atom is 0.0707 e. The SMILES string of the molecule is CCCCCCCCCn1c2ccccc2c2ccnc(C)c21. The topological polar surface area (TPSA) is 17.8 Å². The van der Waals surface area contributed by atoms with E-state index >= 15 is 0 Å². The summed E-state index contributed by atoms with van der Waals surface area (Å²) in [6.45, 7) is 5.51. The number of unbranched alkanes of at least 4 members (excludes halogenated alkanes) is 6. The first-order chi connectivity index (χ1) is 11.3. The summed E-state index contributed by atoms with van der Waals surface area (Å²) in [5.41, 5.74) is 3.81. The first-order valence-corrected chi connectivity index (χ1v) is 9.15. The summed E-state index contributed by atoms with van der Waals surface area (Å²) in [4.78, 5) is 4.52. The highest BCUT2D eigenvalue weighted by molar-refractivity contribution is 6.08. The number of para-hydroxylation sites is 1. The molecular weight excluding hydrogens is 280 g/mol. The molecular formula is C21H28N2. The Morgan fingerprint density at radius 3 is 2.43 bits per heavy atom. The highest BCUT2D eigenvalue weighted by Gasteiger charge is 2.11. The number of aryl methyl sites for hydroxylation is 2. The molecule has 0 radical (unpaired) electrons. The van der Waals surface area contributed by atoms with Gasteiger partial charge in [0, 0.05) is 29.0 Å². The zero-order valence-corrected chi connectivity index (χ0v) is 14.5. The van der Waals surface area contributed by atoms with E-state index in [1.54, 1.807) is 0 Å². The molecule has 2 heteroatoms. The van der Waals surface area contributed by atoms with Crippen molar-refractivity contribution in [3.8, 4) is 0 Å². The average Bonchev–Trinajstić information content (AvgIpc) is 2.90.